The molecule has 0 bridgehead atoms. The van der Waals surface area contributed by atoms with E-state index >= 15 is 0 Å². The minimum Gasteiger partial charge on any atom is -0.461 e. The summed E-state index contributed by atoms with van der Waals surface area (Å²) in [5.41, 5.74) is 1.50. The van der Waals surface area contributed by atoms with Gasteiger partial charge in [-0.05, 0) is 11.1 Å². The normalized spacial score (nSPS) is 12.0. The molecule has 0 aliphatic carbocycles. The molecule has 0 saturated carbocycles. The summed E-state index contributed by atoms with van der Waals surface area (Å²) < 4.78 is 42.2. The summed E-state index contributed by atoms with van der Waals surface area (Å²) in [7, 11) is -4.58. The Morgan fingerprint density at radius 2 is 1.39 bits per heavy atom. The lowest BCUT2D eigenvalue weighted by Crippen LogP contribution is -2.38. The van der Waals surface area contributed by atoms with E-state index in [9.17, 15) is 22.6 Å². The smallest absolute Gasteiger partial charge is 0.407 e. The lowest BCUT2D eigenvalue weighted by Gasteiger charge is -2.14. The van der Waals surface area contributed by atoms with Crippen molar-refractivity contribution >= 4 is 22.2 Å². The van der Waals surface area contributed by atoms with E-state index in [0.717, 1.165) is 11.1 Å². The molecule has 2 N–H and O–H groups in total. The fourth-order valence-electron chi connectivity index (χ4n) is 2.24. The number of alkyl carbamates (subject to hydrolysis) is 1. The van der Waals surface area contributed by atoms with E-state index < -0.39 is 40.4 Å². The highest BCUT2D eigenvalue weighted by Gasteiger charge is 2.27. The highest BCUT2D eigenvalue weighted by molar-refractivity contribution is 7.86. The van der Waals surface area contributed by atoms with Crippen LogP contribution < -0.4 is 5.32 Å². The topological polar surface area (TPSA) is 119 Å². The van der Waals surface area contributed by atoms with Crippen molar-refractivity contribution in [2.75, 3.05) is 6.54 Å². The summed E-state index contributed by atoms with van der Waals surface area (Å²) in [5.74, 6) is -0.814. The second kappa shape index (κ2) is 10.4. The molecule has 0 fully saturated rings. The van der Waals surface area contributed by atoms with Gasteiger partial charge in [0.25, 0.3) is 10.1 Å². The van der Waals surface area contributed by atoms with Gasteiger partial charge in [-0.2, -0.15) is 8.42 Å². The number of ether oxygens (including phenoxy) is 2. The minimum absolute atomic E-state index is 0.00231. The summed E-state index contributed by atoms with van der Waals surface area (Å²) in [5, 5.41) is 0.689. The maximum absolute atomic E-state index is 11.9. The van der Waals surface area contributed by atoms with Crippen LogP contribution in [-0.4, -0.2) is 36.8 Å². The highest BCUT2D eigenvalue weighted by Crippen LogP contribution is 2.08. The van der Waals surface area contributed by atoms with Gasteiger partial charge in [0.2, 0.25) is 0 Å². The molecule has 0 aromatic heterocycles. The van der Waals surface area contributed by atoms with Gasteiger partial charge in [-0.3, -0.25) is 9.35 Å². The Kier molecular flexibility index (Phi) is 7.97. The van der Waals surface area contributed by atoms with Crippen molar-refractivity contribution in [1.29, 1.82) is 0 Å². The van der Waals surface area contributed by atoms with E-state index in [0.29, 0.717) is 0 Å². The van der Waals surface area contributed by atoms with Gasteiger partial charge in [-0.25, -0.2) is 4.79 Å². The van der Waals surface area contributed by atoms with Crippen LogP contribution in [0.2, 0.25) is 0 Å². The van der Waals surface area contributed by atoms with Gasteiger partial charge in [-0.15, -0.1) is 0 Å². The van der Waals surface area contributed by atoms with Crippen LogP contribution in [0.5, 0.6) is 0 Å². The van der Waals surface area contributed by atoms with E-state index in [1.165, 1.54) is 0 Å². The van der Waals surface area contributed by atoms with Crippen molar-refractivity contribution in [3.05, 3.63) is 71.8 Å². The average molecular weight is 407 g/mol. The minimum atomic E-state index is -4.58. The first-order valence-corrected chi connectivity index (χ1v) is 9.95. The zero-order chi connectivity index (χ0) is 20.4. The second-order valence-electron chi connectivity index (χ2n) is 5.93. The Hall–Kier alpha value is -2.91. The molecule has 0 aliphatic heterocycles. The molecule has 0 aliphatic rings. The summed E-state index contributed by atoms with van der Waals surface area (Å²) >= 11 is 0. The molecule has 0 saturated heterocycles. The van der Waals surface area contributed by atoms with Crippen molar-refractivity contribution in [2.45, 2.75) is 24.9 Å². The Morgan fingerprint density at radius 3 is 1.89 bits per heavy atom. The third kappa shape index (κ3) is 7.77. The van der Waals surface area contributed by atoms with Gasteiger partial charge < -0.3 is 14.8 Å². The predicted octanol–water partition coefficient (Wildman–Crippen LogP) is 2.30. The monoisotopic (exact) mass is 407 g/mol. The number of amides is 1. The zero-order valence-corrected chi connectivity index (χ0v) is 15.8. The number of carbonyl (C=O) groups excluding carboxylic acids is 2. The number of nitrogens with one attached hydrogen (secondary N) is 1. The lowest BCUT2D eigenvalue weighted by atomic mass is 10.2. The van der Waals surface area contributed by atoms with Crippen LogP contribution in [-0.2, 0) is 37.6 Å². The van der Waals surface area contributed by atoms with Crippen molar-refractivity contribution in [1.82, 2.24) is 5.32 Å². The standard InChI is InChI=1S/C19H21NO7S/c21-18(26-13-15-7-3-1-4-8-15)11-17(28(23,24)25)12-20-19(22)27-14-16-9-5-2-6-10-16/h1-10,17H,11-14H2,(H,20,22)(H,23,24,25). The predicted molar refractivity (Wildman–Crippen MR) is 101 cm³/mol. The lowest BCUT2D eigenvalue weighted by molar-refractivity contribution is -0.145. The molecule has 1 atom stereocenters. The van der Waals surface area contributed by atoms with Crippen LogP contribution in [0.25, 0.3) is 0 Å². The van der Waals surface area contributed by atoms with Gasteiger partial charge in [0.1, 0.15) is 18.5 Å². The molecular formula is C19H21NO7S. The zero-order valence-electron chi connectivity index (χ0n) is 15.0. The molecular weight excluding hydrogens is 386 g/mol. The summed E-state index contributed by atoms with van der Waals surface area (Å²) in [4.78, 5) is 23.6. The maximum atomic E-state index is 11.9. The fraction of sp³-hybridized carbons (Fsp3) is 0.263. The van der Waals surface area contributed by atoms with Gasteiger partial charge in [0.15, 0.2) is 0 Å². The van der Waals surface area contributed by atoms with E-state index in [4.69, 9.17) is 9.47 Å². The fourth-order valence-corrected chi connectivity index (χ4v) is 2.88. The molecule has 0 radical (unpaired) electrons. The summed E-state index contributed by atoms with van der Waals surface area (Å²) in [6, 6.07) is 17.8. The molecule has 150 valence electrons. The first-order valence-electron chi connectivity index (χ1n) is 8.45. The van der Waals surface area contributed by atoms with Gasteiger partial charge >= 0.3 is 12.1 Å². The Morgan fingerprint density at radius 1 is 0.893 bits per heavy atom. The molecule has 0 spiro atoms. The van der Waals surface area contributed by atoms with Crippen molar-refractivity contribution in [3.8, 4) is 0 Å². The highest BCUT2D eigenvalue weighted by atomic mass is 32.2. The molecule has 2 aromatic rings. The molecule has 8 nitrogen and oxygen atoms in total. The number of hydrogen-bond acceptors (Lipinski definition) is 6. The third-order valence-corrected chi connectivity index (χ3v) is 4.92. The first kappa shape index (κ1) is 21.4. The van der Waals surface area contributed by atoms with Crippen LogP contribution >= 0.6 is 0 Å². The summed E-state index contributed by atoms with van der Waals surface area (Å²) in [6.45, 7) is -0.514. The van der Waals surface area contributed by atoms with Crippen LogP contribution in [0.3, 0.4) is 0 Å². The van der Waals surface area contributed by atoms with E-state index in [1.54, 1.807) is 48.5 Å². The van der Waals surface area contributed by atoms with E-state index in [2.05, 4.69) is 5.32 Å². The van der Waals surface area contributed by atoms with Crippen molar-refractivity contribution in [2.24, 2.45) is 0 Å². The molecule has 2 aromatic carbocycles. The van der Waals surface area contributed by atoms with Crippen molar-refractivity contribution in [3.63, 3.8) is 0 Å². The molecule has 1 unspecified atom stereocenters. The molecule has 28 heavy (non-hydrogen) atoms. The van der Waals surface area contributed by atoms with Crippen molar-refractivity contribution < 1.29 is 32.0 Å². The van der Waals surface area contributed by atoms with E-state index in [-0.39, 0.29) is 13.2 Å². The number of rotatable bonds is 9. The van der Waals surface area contributed by atoms with Gasteiger partial charge in [0, 0.05) is 6.54 Å². The first-order chi connectivity index (χ1) is 13.3. The Balaban J connectivity index is 1.80. The Bertz CT molecular complexity index is 870. The molecule has 2 rings (SSSR count). The quantitative estimate of drug-likeness (QED) is 0.483. The van der Waals surface area contributed by atoms with Crippen LogP contribution in [0.1, 0.15) is 17.5 Å². The molecule has 0 heterocycles. The Labute approximate surface area is 163 Å². The number of esters is 1. The van der Waals surface area contributed by atoms with Crippen LogP contribution in [0, 0.1) is 0 Å². The number of hydrogen-bond donors (Lipinski definition) is 2. The average Bonchev–Trinajstić information content (AvgIpc) is 2.68. The van der Waals surface area contributed by atoms with Gasteiger partial charge in [0.05, 0.1) is 6.42 Å². The summed E-state index contributed by atoms with van der Waals surface area (Å²) in [6.07, 6.45) is -1.47. The largest absolute Gasteiger partial charge is 0.461 e. The molecule has 9 heteroatoms. The van der Waals surface area contributed by atoms with Crippen LogP contribution in [0.4, 0.5) is 4.79 Å². The number of carbonyl (C=O) groups is 2. The maximum Gasteiger partial charge on any atom is 0.407 e. The van der Waals surface area contributed by atoms with Gasteiger partial charge in [-0.1, -0.05) is 60.7 Å². The van der Waals surface area contributed by atoms with E-state index in [1.807, 2.05) is 12.1 Å². The molecule has 1 amide bonds. The van der Waals surface area contributed by atoms with Crippen LogP contribution in [0.15, 0.2) is 60.7 Å². The second-order valence-corrected chi connectivity index (χ2v) is 7.63. The number of benzene rings is 2. The SMILES string of the molecule is O=C(CC(CNC(=O)OCc1ccccc1)S(=O)(=O)O)OCc1ccccc1. The third-order valence-electron chi connectivity index (χ3n) is 3.75.